The highest BCUT2D eigenvalue weighted by molar-refractivity contribution is 7.87. The summed E-state index contributed by atoms with van der Waals surface area (Å²) in [5.74, 6) is 0.0245. The van der Waals surface area contributed by atoms with Gasteiger partial charge in [0.2, 0.25) is 5.96 Å². The summed E-state index contributed by atoms with van der Waals surface area (Å²) in [6, 6.07) is 8.10. The van der Waals surface area contributed by atoms with Crippen molar-refractivity contribution >= 4 is 28.5 Å². The Bertz CT molecular complexity index is 1010. The second-order valence-corrected chi connectivity index (χ2v) is 7.67. The Morgan fingerprint density at radius 3 is 2.42 bits per heavy atom. The minimum Gasteiger partial charge on any atom is -0.493 e. The van der Waals surface area contributed by atoms with Crippen LogP contribution in [0.15, 0.2) is 52.5 Å². The van der Waals surface area contributed by atoms with Crippen molar-refractivity contribution in [3.63, 3.8) is 0 Å². The zero-order chi connectivity index (χ0) is 22.4. The Morgan fingerprint density at radius 2 is 1.77 bits per heavy atom. The molecule has 13 heteroatoms. The van der Waals surface area contributed by atoms with Crippen LogP contribution in [0.3, 0.4) is 0 Å². The Balaban J connectivity index is 0.00000480. The van der Waals surface area contributed by atoms with Gasteiger partial charge in [0, 0.05) is 19.0 Å². The number of ether oxygens (including phenoxy) is 1. The van der Waals surface area contributed by atoms with E-state index in [1.165, 1.54) is 18.2 Å². The fourth-order valence-corrected chi connectivity index (χ4v) is 3.56. The van der Waals surface area contributed by atoms with Crippen LogP contribution in [0.2, 0.25) is 0 Å². The van der Waals surface area contributed by atoms with Crippen molar-refractivity contribution in [2.45, 2.75) is 24.4 Å². The van der Waals surface area contributed by atoms with E-state index in [9.17, 15) is 21.6 Å². The molecule has 31 heavy (non-hydrogen) atoms. The largest absolute Gasteiger partial charge is 0.493 e. The third kappa shape index (κ3) is 8.06. The number of rotatable bonds is 9. The number of hydrogen-bond donors (Lipinski definition) is 3. The number of nitrogens with zero attached hydrogens (tertiary/aromatic N) is 1. The zero-order valence-corrected chi connectivity index (χ0v) is 18.0. The molecule has 0 aliphatic heterocycles. The molecule has 0 spiro atoms. The molecule has 172 valence electrons. The molecule has 0 aromatic heterocycles. The predicted octanol–water partition coefficient (Wildman–Crippen LogP) is 2.75. The first-order valence-electron chi connectivity index (χ1n) is 8.66. The molecule has 8 nitrogen and oxygen atoms in total. The van der Waals surface area contributed by atoms with Crippen LogP contribution < -0.4 is 25.8 Å². The molecular weight excluding hydrogens is 461 g/mol. The number of halogens is 4. The van der Waals surface area contributed by atoms with Gasteiger partial charge in [-0.1, -0.05) is 12.1 Å². The van der Waals surface area contributed by atoms with Gasteiger partial charge in [-0.15, -0.1) is 17.5 Å². The Kier molecular flexibility index (Phi) is 9.25. The lowest BCUT2D eigenvalue weighted by molar-refractivity contribution is -0.139. The first-order chi connectivity index (χ1) is 14.0. The summed E-state index contributed by atoms with van der Waals surface area (Å²) in [6.07, 6.45) is -4.32. The van der Waals surface area contributed by atoms with Gasteiger partial charge in [0.05, 0.1) is 12.2 Å². The molecule has 0 unspecified atom stereocenters. The highest BCUT2D eigenvalue weighted by Crippen LogP contribution is 2.35. The molecule has 0 atom stereocenters. The summed E-state index contributed by atoms with van der Waals surface area (Å²) >= 11 is 0. The molecule has 0 fully saturated rings. The van der Waals surface area contributed by atoms with E-state index in [0.29, 0.717) is 30.3 Å². The first kappa shape index (κ1) is 26.2. The maximum absolute atomic E-state index is 13.2. The summed E-state index contributed by atoms with van der Waals surface area (Å²) in [4.78, 5) is -0.965. The minimum absolute atomic E-state index is 0. The summed E-state index contributed by atoms with van der Waals surface area (Å²) < 4.78 is 74.9. The lowest BCUT2D eigenvalue weighted by atomic mass is 10.2. The van der Waals surface area contributed by atoms with E-state index in [2.05, 4.69) is 10.5 Å². The molecular formula is C18H22ClF3N4O4S. The molecule has 0 aliphatic rings. The fraction of sp³-hybridized carbons (Fsp3) is 0.278. The van der Waals surface area contributed by atoms with E-state index in [1.54, 1.807) is 13.0 Å². The van der Waals surface area contributed by atoms with E-state index in [-0.39, 0.29) is 30.7 Å². The summed E-state index contributed by atoms with van der Waals surface area (Å²) in [7, 11) is -4.73. The van der Waals surface area contributed by atoms with Crippen LogP contribution in [0.25, 0.3) is 0 Å². The van der Waals surface area contributed by atoms with Crippen LogP contribution in [0.4, 0.5) is 13.2 Å². The molecule has 0 saturated carbocycles. The van der Waals surface area contributed by atoms with E-state index < -0.39 is 26.8 Å². The zero-order valence-electron chi connectivity index (χ0n) is 16.3. The number of aryl methyl sites for hydroxylation is 1. The Hall–Kier alpha value is -2.86. The number of nitrogens with two attached hydrogens (primary N) is 2. The molecule has 5 N–H and O–H groups in total. The summed E-state index contributed by atoms with van der Waals surface area (Å²) in [6.45, 7) is 2.34. The average Bonchev–Trinajstić information content (AvgIpc) is 2.63. The minimum atomic E-state index is -4.85. The number of guanidine groups is 1. The van der Waals surface area contributed by atoms with Crippen molar-refractivity contribution in [2.75, 3.05) is 13.2 Å². The molecule has 0 aliphatic carbocycles. The van der Waals surface area contributed by atoms with E-state index >= 15 is 0 Å². The van der Waals surface area contributed by atoms with E-state index in [0.717, 1.165) is 12.1 Å². The molecule has 2 rings (SSSR count). The second kappa shape index (κ2) is 11.0. The van der Waals surface area contributed by atoms with E-state index in [4.69, 9.17) is 20.4 Å². The SMILES string of the molecule is Cc1cc(OCCCNN=C(N)N)cc(OS(=O)(=O)c2ccccc2C(F)(F)F)c1.Cl. The maximum atomic E-state index is 13.2. The van der Waals surface area contributed by atoms with Crippen LogP contribution in [0.1, 0.15) is 17.5 Å². The number of benzene rings is 2. The second-order valence-electron chi connectivity index (χ2n) is 6.16. The van der Waals surface area contributed by atoms with Crippen molar-refractivity contribution in [3.8, 4) is 11.5 Å². The van der Waals surface area contributed by atoms with Crippen LogP contribution in [-0.2, 0) is 16.3 Å². The van der Waals surface area contributed by atoms with Gasteiger partial charge in [-0.2, -0.15) is 21.6 Å². The van der Waals surface area contributed by atoms with Gasteiger partial charge in [0.1, 0.15) is 16.4 Å². The molecule has 0 heterocycles. The lowest BCUT2D eigenvalue weighted by Gasteiger charge is -2.14. The fourth-order valence-electron chi connectivity index (χ4n) is 2.42. The smallest absolute Gasteiger partial charge is 0.417 e. The van der Waals surface area contributed by atoms with Crippen molar-refractivity contribution in [1.29, 1.82) is 0 Å². The monoisotopic (exact) mass is 482 g/mol. The third-order valence-electron chi connectivity index (χ3n) is 3.60. The van der Waals surface area contributed by atoms with Gasteiger partial charge in [0.25, 0.3) is 0 Å². The topological polar surface area (TPSA) is 129 Å². The van der Waals surface area contributed by atoms with Crippen LogP contribution >= 0.6 is 12.4 Å². The third-order valence-corrected chi connectivity index (χ3v) is 4.91. The molecule has 0 radical (unpaired) electrons. The van der Waals surface area contributed by atoms with Crippen molar-refractivity contribution in [1.82, 2.24) is 5.43 Å². The number of hydrogen-bond acceptors (Lipinski definition) is 6. The molecule has 2 aromatic carbocycles. The summed E-state index contributed by atoms with van der Waals surface area (Å²) in [5, 5.41) is 3.59. The Morgan fingerprint density at radius 1 is 1.13 bits per heavy atom. The van der Waals surface area contributed by atoms with Crippen molar-refractivity contribution in [3.05, 3.63) is 53.6 Å². The molecule has 0 saturated heterocycles. The quantitative estimate of drug-likeness (QED) is 0.165. The van der Waals surface area contributed by atoms with Gasteiger partial charge >= 0.3 is 16.3 Å². The highest BCUT2D eigenvalue weighted by atomic mass is 35.5. The predicted molar refractivity (Wildman–Crippen MR) is 112 cm³/mol. The number of alkyl halides is 3. The summed E-state index contributed by atoms with van der Waals surface area (Å²) in [5.41, 5.74) is 12.2. The normalized spacial score (nSPS) is 11.2. The van der Waals surface area contributed by atoms with Crippen LogP contribution in [-0.4, -0.2) is 27.5 Å². The van der Waals surface area contributed by atoms with Crippen molar-refractivity contribution < 1.29 is 30.5 Å². The highest BCUT2D eigenvalue weighted by Gasteiger charge is 2.37. The molecule has 0 amide bonds. The van der Waals surface area contributed by atoms with Gasteiger partial charge in [-0.25, -0.2) is 0 Å². The Labute approximate surface area is 183 Å². The average molecular weight is 483 g/mol. The van der Waals surface area contributed by atoms with Gasteiger partial charge < -0.3 is 25.8 Å². The lowest BCUT2D eigenvalue weighted by Crippen LogP contribution is -2.27. The van der Waals surface area contributed by atoms with E-state index in [1.807, 2.05) is 0 Å². The van der Waals surface area contributed by atoms with Gasteiger partial charge in [-0.3, -0.25) is 0 Å². The number of hydrazone groups is 1. The van der Waals surface area contributed by atoms with Gasteiger partial charge in [0.15, 0.2) is 0 Å². The standard InChI is InChI=1S/C18H21F3N4O4S.ClH/c1-12-9-13(28-8-4-7-24-25-17(22)23)11-14(10-12)29-30(26,27)16-6-3-2-5-15(16)18(19,20)21;/h2-3,5-6,9-11,24H,4,7-8H2,1H3,(H4,22,23,25);1H. The maximum Gasteiger partial charge on any atom is 0.417 e. The van der Waals surface area contributed by atoms with Crippen LogP contribution in [0, 0.1) is 6.92 Å². The molecule has 2 aromatic rings. The molecule has 0 bridgehead atoms. The van der Waals surface area contributed by atoms with Crippen LogP contribution in [0.5, 0.6) is 11.5 Å². The van der Waals surface area contributed by atoms with Gasteiger partial charge in [-0.05, 0) is 36.8 Å². The first-order valence-corrected chi connectivity index (χ1v) is 10.1. The van der Waals surface area contributed by atoms with Crippen molar-refractivity contribution in [2.24, 2.45) is 16.6 Å². The number of nitrogens with one attached hydrogen (secondary N) is 1.